The molecule has 5 nitrogen and oxygen atoms in total. The van der Waals surface area contributed by atoms with Crippen LogP contribution in [0.1, 0.15) is 57.5 Å². The minimum Gasteiger partial charge on any atom is -0.379 e. The lowest BCUT2D eigenvalue weighted by atomic mass is 10.3. The molecule has 1 rings (SSSR count). The molecule has 1 atom stereocenters. The third-order valence-corrected chi connectivity index (χ3v) is 3.53. The highest BCUT2D eigenvalue weighted by molar-refractivity contribution is 6.32. The first kappa shape index (κ1) is 20.7. The molecule has 1 unspecified atom stereocenters. The van der Waals surface area contributed by atoms with Gasteiger partial charge in [-0.1, -0.05) is 11.6 Å². The quantitative estimate of drug-likeness (QED) is 0.527. The van der Waals surface area contributed by atoms with Crippen LogP contribution in [0.25, 0.3) is 0 Å². The fourth-order valence-electron chi connectivity index (χ4n) is 1.94. The van der Waals surface area contributed by atoms with Gasteiger partial charge < -0.3 is 10.1 Å². The second kappa shape index (κ2) is 9.22. The Hall–Kier alpha value is -1.35. The first-order valence-electron chi connectivity index (χ1n) is 7.40. The maximum Gasteiger partial charge on any atom is 0.283 e. The van der Waals surface area contributed by atoms with Crippen molar-refractivity contribution in [2.24, 2.45) is 0 Å². The summed E-state index contributed by atoms with van der Waals surface area (Å²) in [4.78, 5) is 12.0. The average Bonchev–Trinajstić information content (AvgIpc) is 2.83. The molecule has 0 radical (unpaired) electrons. The molecule has 0 saturated carbocycles. The van der Waals surface area contributed by atoms with E-state index in [1.165, 1.54) is 6.92 Å². The van der Waals surface area contributed by atoms with Gasteiger partial charge in [-0.3, -0.25) is 4.79 Å². The number of halogens is 5. The zero-order valence-corrected chi connectivity index (χ0v) is 14.3. The average molecular weight is 374 g/mol. The predicted octanol–water partition coefficient (Wildman–Crippen LogP) is 3.90. The van der Waals surface area contributed by atoms with Crippen LogP contribution < -0.4 is 5.32 Å². The highest BCUT2D eigenvalue weighted by Crippen LogP contribution is 2.36. The Labute approximate surface area is 142 Å². The van der Waals surface area contributed by atoms with E-state index in [4.69, 9.17) is 16.3 Å². The van der Waals surface area contributed by atoms with E-state index in [1.807, 2.05) is 13.8 Å². The molecular formula is C14H20ClF4N3O2. The topological polar surface area (TPSA) is 56.1 Å². The summed E-state index contributed by atoms with van der Waals surface area (Å²) in [5, 5.41) is 5.10. The zero-order chi connectivity index (χ0) is 18.4. The van der Waals surface area contributed by atoms with Crippen molar-refractivity contribution < 1.29 is 27.1 Å². The monoisotopic (exact) mass is 373 g/mol. The molecule has 0 bridgehead atoms. The van der Waals surface area contributed by atoms with Gasteiger partial charge in [-0.05, 0) is 27.2 Å². The number of hydrogen-bond acceptors (Lipinski definition) is 3. The van der Waals surface area contributed by atoms with E-state index in [1.54, 1.807) is 0 Å². The van der Waals surface area contributed by atoms with E-state index in [-0.39, 0.29) is 12.6 Å². The van der Waals surface area contributed by atoms with Crippen LogP contribution in [-0.4, -0.2) is 34.9 Å². The van der Waals surface area contributed by atoms with Crippen LogP contribution in [0.2, 0.25) is 5.02 Å². The van der Waals surface area contributed by atoms with Crippen LogP contribution in [0.3, 0.4) is 0 Å². The van der Waals surface area contributed by atoms with Crippen LogP contribution >= 0.6 is 11.6 Å². The molecule has 0 aliphatic heterocycles. The Balaban J connectivity index is 2.77. The molecule has 24 heavy (non-hydrogen) atoms. The third kappa shape index (κ3) is 5.34. The van der Waals surface area contributed by atoms with Crippen molar-refractivity contribution >= 4 is 17.5 Å². The lowest BCUT2D eigenvalue weighted by Gasteiger charge is -2.16. The van der Waals surface area contributed by atoms with Crippen LogP contribution in [0.4, 0.5) is 17.6 Å². The van der Waals surface area contributed by atoms with Crippen LogP contribution in [-0.2, 0) is 9.53 Å². The van der Waals surface area contributed by atoms with Crippen molar-refractivity contribution in [3.8, 4) is 0 Å². The summed E-state index contributed by atoms with van der Waals surface area (Å²) in [6.45, 7) is 5.71. The Morgan fingerprint density at radius 1 is 1.25 bits per heavy atom. The summed E-state index contributed by atoms with van der Waals surface area (Å²) in [5.41, 5.74) is -1.85. The number of amides is 1. The predicted molar refractivity (Wildman–Crippen MR) is 80.6 cm³/mol. The van der Waals surface area contributed by atoms with E-state index < -0.39 is 41.2 Å². The first-order chi connectivity index (χ1) is 11.2. The zero-order valence-electron chi connectivity index (χ0n) is 13.5. The van der Waals surface area contributed by atoms with Crippen LogP contribution in [0.15, 0.2) is 0 Å². The molecule has 0 aromatic carbocycles. The van der Waals surface area contributed by atoms with Crippen molar-refractivity contribution in [2.75, 3.05) is 13.2 Å². The molecular weight excluding hydrogens is 354 g/mol. The summed E-state index contributed by atoms with van der Waals surface area (Å²) in [6, 6.07) is -1.20. The fourth-order valence-corrected chi connectivity index (χ4v) is 2.23. The van der Waals surface area contributed by atoms with E-state index in [9.17, 15) is 22.4 Å². The number of hydrogen-bond donors (Lipinski definition) is 1. The second-order valence-corrected chi connectivity index (χ2v) is 5.75. The number of carbonyl (C=O) groups is 1. The van der Waals surface area contributed by atoms with Crippen molar-refractivity contribution in [3.05, 3.63) is 16.4 Å². The molecule has 0 saturated heterocycles. The summed E-state index contributed by atoms with van der Waals surface area (Å²) < 4.78 is 57.6. The summed E-state index contributed by atoms with van der Waals surface area (Å²) >= 11 is 5.55. The van der Waals surface area contributed by atoms with Gasteiger partial charge in [0.1, 0.15) is 17.4 Å². The molecule has 1 aromatic heterocycles. The lowest BCUT2D eigenvalue weighted by molar-refractivity contribution is -0.124. The van der Waals surface area contributed by atoms with Gasteiger partial charge in [-0.15, -0.1) is 0 Å². The molecule has 0 aliphatic rings. The van der Waals surface area contributed by atoms with Crippen LogP contribution in [0, 0.1) is 0 Å². The molecule has 138 valence electrons. The molecule has 0 spiro atoms. The third-order valence-electron chi connectivity index (χ3n) is 3.14. The maximum atomic E-state index is 13.1. The van der Waals surface area contributed by atoms with Gasteiger partial charge in [0.2, 0.25) is 5.91 Å². The van der Waals surface area contributed by atoms with Gasteiger partial charge in [-0.2, -0.15) is 5.10 Å². The minimum absolute atomic E-state index is 0.0622. The SMILES string of the molecule is CC(C)OCCCNC(=O)C(C)n1nc(C(F)F)c(Cl)c1C(F)F. The number of rotatable bonds is 9. The van der Waals surface area contributed by atoms with Crippen molar-refractivity contribution in [1.29, 1.82) is 0 Å². The van der Waals surface area contributed by atoms with E-state index in [2.05, 4.69) is 10.4 Å². The molecule has 1 aromatic rings. The number of aromatic nitrogens is 2. The highest BCUT2D eigenvalue weighted by atomic mass is 35.5. The summed E-state index contributed by atoms with van der Waals surface area (Å²) in [7, 11) is 0. The Kier molecular flexibility index (Phi) is 7.95. The van der Waals surface area contributed by atoms with E-state index in [0.717, 1.165) is 0 Å². The standard InChI is InChI=1S/C14H20ClF4N3O2/c1-7(2)24-6-4-5-20-14(23)8(3)22-11(13(18)19)9(15)10(21-22)12(16)17/h7-8,12-13H,4-6H2,1-3H3,(H,20,23). The van der Waals surface area contributed by atoms with Crippen molar-refractivity contribution in [3.63, 3.8) is 0 Å². The van der Waals surface area contributed by atoms with E-state index >= 15 is 0 Å². The molecule has 10 heteroatoms. The molecule has 1 N–H and O–H groups in total. The number of nitrogens with zero attached hydrogens (tertiary/aromatic N) is 2. The Bertz CT molecular complexity index is 552. The smallest absolute Gasteiger partial charge is 0.283 e. The lowest BCUT2D eigenvalue weighted by Crippen LogP contribution is -2.33. The van der Waals surface area contributed by atoms with Gasteiger partial charge in [0.25, 0.3) is 12.9 Å². The largest absolute Gasteiger partial charge is 0.379 e. The number of carbonyl (C=O) groups excluding carboxylic acids is 1. The van der Waals surface area contributed by atoms with Crippen LogP contribution in [0.5, 0.6) is 0 Å². The summed E-state index contributed by atoms with van der Waals surface area (Å²) in [6.07, 6.45) is -5.65. The summed E-state index contributed by atoms with van der Waals surface area (Å²) in [5.74, 6) is -0.624. The Morgan fingerprint density at radius 2 is 1.88 bits per heavy atom. The van der Waals surface area contributed by atoms with Crippen molar-refractivity contribution in [2.45, 2.75) is 52.2 Å². The van der Waals surface area contributed by atoms with E-state index in [0.29, 0.717) is 17.7 Å². The fraction of sp³-hybridized carbons (Fsp3) is 0.714. The maximum absolute atomic E-state index is 13.1. The van der Waals surface area contributed by atoms with Crippen molar-refractivity contribution in [1.82, 2.24) is 15.1 Å². The first-order valence-corrected chi connectivity index (χ1v) is 7.78. The van der Waals surface area contributed by atoms with Gasteiger partial charge in [-0.25, -0.2) is 22.2 Å². The molecule has 0 fully saturated rings. The van der Waals surface area contributed by atoms with Gasteiger partial charge in [0.15, 0.2) is 0 Å². The van der Waals surface area contributed by atoms with Gasteiger partial charge in [0.05, 0.1) is 11.1 Å². The molecule has 1 amide bonds. The minimum atomic E-state index is -3.13. The van der Waals surface area contributed by atoms with Gasteiger partial charge in [0, 0.05) is 13.2 Å². The van der Waals surface area contributed by atoms with Gasteiger partial charge >= 0.3 is 0 Å². The number of alkyl halides is 4. The number of nitrogens with one attached hydrogen (secondary N) is 1. The normalized spacial score (nSPS) is 13.1. The second-order valence-electron chi connectivity index (χ2n) is 5.37. The molecule has 0 aliphatic carbocycles. The number of ether oxygens (including phenoxy) is 1. The Morgan fingerprint density at radius 3 is 2.38 bits per heavy atom. The highest BCUT2D eigenvalue weighted by Gasteiger charge is 2.31. The molecule has 1 heterocycles.